The van der Waals surface area contributed by atoms with Gasteiger partial charge in [-0.15, -0.1) is 24.8 Å². The summed E-state index contributed by atoms with van der Waals surface area (Å²) in [5.74, 6) is 1.91. The summed E-state index contributed by atoms with van der Waals surface area (Å²) < 4.78 is 54.9. The molecule has 0 bridgehead atoms. The van der Waals surface area contributed by atoms with Gasteiger partial charge < -0.3 is 24.6 Å². The molecule has 1 heterocycles. The lowest BCUT2D eigenvalue weighted by Crippen LogP contribution is -2.33. The normalized spacial score (nSPS) is 19.8. The third-order valence-electron chi connectivity index (χ3n) is 7.67. The number of ether oxygens (including phenoxy) is 3. The number of nitrogens with zero attached hydrogens (tertiary/aromatic N) is 1. The maximum absolute atomic E-state index is 12.8. The van der Waals surface area contributed by atoms with E-state index in [1.807, 2.05) is 24.3 Å². The van der Waals surface area contributed by atoms with E-state index in [1.54, 1.807) is 43.5 Å². The molecule has 0 radical (unpaired) electrons. The van der Waals surface area contributed by atoms with Crippen molar-refractivity contribution in [1.82, 2.24) is 10.2 Å². The van der Waals surface area contributed by atoms with Crippen LogP contribution >= 0.6 is 24.8 Å². The van der Waals surface area contributed by atoms with Crippen LogP contribution in [0.5, 0.6) is 17.2 Å². The largest absolute Gasteiger partial charge is 0.497 e. The molecule has 5 rings (SSSR count). The zero-order valence-corrected chi connectivity index (χ0v) is 25.1. The Kier molecular flexibility index (Phi) is 12.0. The van der Waals surface area contributed by atoms with Crippen LogP contribution < -0.4 is 19.5 Å². The van der Waals surface area contributed by atoms with Crippen LogP contribution in [-0.2, 0) is 23.9 Å². The first-order chi connectivity index (χ1) is 19.7. The number of carboxylic acids is 1. The number of likely N-dealkylation sites (tertiary alicyclic amines) is 1. The Balaban J connectivity index is 0.00000253. The fourth-order valence-electron chi connectivity index (χ4n) is 5.43. The van der Waals surface area contributed by atoms with Crippen molar-refractivity contribution in [2.24, 2.45) is 11.8 Å². The summed E-state index contributed by atoms with van der Waals surface area (Å²) in [7, 11) is 1.56. The van der Waals surface area contributed by atoms with Gasteiger partial charge in [-0.05, 0) is 71.5 Å². The van der Waals surface area contributed by atoms with Crippen molar-refractivity contribution in [2.45, 2.75) is 31.3 Å². The molecule has 2 aliphatic rings. The van der Waals surface area contributed by atoms with Crippen LogP contribution in [0.25, 0.3) is 0 Å². The lowest BCUT2D eigenvalue weighted by molar-refractivity contribution is -0.145. The number of carboxylic acid groups (broad SMARTS) is 1. The van der Waals surface area contributed by atoms with Crippen LogP contribution in [0.4, 0.5) is 13.2 Å². The zero-order chi connectivity index (χ0) is 29.0. The van der Waals surface area contributed by atoms with E-state index in [-0.39, 0.29) is 31.2 Å². The van der Waals surface area contributed by atoms with Crippen LogP contribution in [0.2, 0.25) is 0 Å². The van der Waals surface area contributed by atoms with Gasteiger partial charge in [0.15, 0.2) is 6.10 Å². The summed E-state index contributed by atoms with van der Waals surface area (Å²) in [6.45, 7) is 3.74. The molecule has 7 nitrogen and oxygen atoms in total. The fourth-order valence-corrected chi connectivity index (χ4v) is 5.43. The Bertz CT molecular complexity index is 1300. The van der Waals surface area contributed by atoms with Gasteiger partial charge in [0.2, 0.25) is 0 Å². The van der Waals surface area contributed by atoms with Gasteiger partial charge >= 0.3 is 12.1 Å². The highest BCUT2D eigenvalue weighted by molar-refractivity contribution is 5.85. The number of aliphatic carboxylic acids is 1. The molecule has 1 saturated heterocycles. The molecular weight excluding hydrogens is 608 g/mol. The molecule has 43 heavy (non-hydrogen) atoms. The van der Waals surface area contributed by atoms with Crippen molar-refractivity contribution in [1.29, 1.82) is 0 Å². The van der Waals surface area contributed by atoms with E-state index < -0.39 is 23.8 Å². The third kappa shape index (κ3) is 9.15. The Labute approximate surface area is 261 Å². The molecule has 0 amide bonds. The predicted octanol–water partition coefficient (Wildman–Crippen LogP) is 5.73. The predicted molar refractivity (Wildman–Crippen MR) is 161 cm³/mol. The highest BCUT2D eigenvalue weighted by Gasteiger charge is 2.55. The highest BCUT2D eigenvalue weighted by atomic mass is 35.5. The van der Waals surface area contributed by atoms with Gasteiger partial charge in [-0.1, -0.05) is 24.3 Å². The minimum atomic E-state index is -4.31. The molecule has 3 aromatic rings. The van der Waals surface area contributed by atoms with Gasteiger partial charge in [-0.3, -0.25) is 4.90 Å². The highest BCUT2D eigenvalue weighted by Crippen LogP contribution is 2.45. The smallest absolute Gasteiger partial charge is 0.416 e. The minimum absolute atomic E-state index is 0. The van der Waals surface area contributed by atoms with E-state index in [4.69, 9.17) is 14.2 Å². The number of piperidine rings is 1. The average molecular weight is 644 g/mol. The standard InChI is InChI=1S/C31H33F3N2O5.2ClH/c1-39-23-10-12-25(13-11-23)41-28(30(37)38)16-20-4-8-24(9-5-20)40-15-14-35-29-26-18-36(19-27(26)29)17-21-2-6-22(7-3-21)31(32,33)34;;/h2-13,26-29,35H,14-19H2,1H3,(H,37,38);2*1H/t26-,27?,28-,29?;;/m0../s1. The molecule has 0 spiro atoms. The lowest BCUT2D eigenvalue weighted by atomic mass is 10.1. The second-order valence-corrected chi connectivity index (χ2v) is 10.5. The van der Waals surface area contributed by atoms with Crippen LogP contribution in [0, 0.1) is 11.8 Å². The number of methoxy groups -OCH3 is 1. The molecule has 234 valence electrons. The summed E-state index contributed by atoms with van der Waals surface area (Å²) in [6, 6.07) is 20.0. The Morgan fingerprint density at radius 1 is 0.907 bits per heavy atom. The molecule has 2 fully saturated rings. The minimum Gasteiger partial charge on any atom is -0.497 e. The summed E-state index contributed by atoms with van der Waals surface area (Å²) in [5, 5.41) is 13.2. The van der Waals surface area contributed by atoms with Crippen LogP contribution in [0.1, 0.15) is 16.7 Å². The van der Waals surface area contributed by atoms with E-state index in [0.717, 1.165) is 36.3 Å². The molecule has 1 aliphatic carbocycles. The fraction of sp³-hybridized carbons (Fsp3) is 0.387. The van der Waals surface area contributed by atoms with Gasteiger partial charge in [0.05, 0.1) is 12.7 Å². The van der Waals surface area contributed by atoms with Crippen LogP contribution in [0.3, 0.4) is 0 Å². The van der Waals surface area contributed by atoms with E-state index in [2.05, 4.69) is 10.2 Å². The molecule has 0 aromatic heterocycles. The molecule has 1 saturated carbocycles. The van der Waals surface area contributed by atoms with Crippen molar-refractivity contribution in [3.05, 3.63) is 89.5 Å². The summed E-state index contributed by atoms with van der Waals surface area (Å²) in [6.07, 6.45) is -5.12. The molecule has 4 atom stereocenters. The molecule has 2 unspecified atom stereocenters. The first-order valence-corrected chi connectivity index (χ1v) is 13.6. The number of rotatable bonds is 13. The Morgan fingerprint density at radius 2 is 1.47 bits per heavy atom. The number of hydrogen-bond donors (Lipinski definition) is 2. The molecule has 1 aliphatic heterocycles. The van der Waals surface area contributed by atoms with Crippen molar-refractivity contribution in [2.75, 3.05) is 33.4 Å². The topological polar surface area (TPSA) is 80.3 Å². The van der Waals surface area contributed by atoms with E-state index >= 15 is 0 Å². The number of carbonyl (C=O) groups is 1. The van der Waals surface area contributed by atoms with Crippen molar-refractivity contribution < 1.29 is 37.3 Å². The maximum Gasteiger partial charge on any atom is 0.416 e. The second-order valence-electron chi connectivity index (χ2n) is 10.5. The summed E-state index contributed by atoms with van der Waals surface area (Å²) in [5.41, 5.74) is 1.10. The third-order valence-corrected chi connectivity index (χ3v) is 7.67. The lowest BCUT2D eigenvalue weighted by Gasteiger charge is -2.20. The number of alkyl halides is 3. The monoisotopic (exact) mass is 642 g/mol. The average Bonchev–Trinajstić information content (AvgIpc) is 3.41. The SMILES string of the molecule is COc1ccc(O[C@@H](Cc2ccc(OCCNC3C4CN(Cc5ccc(C(F)(F)F)cc5)C[C@@H]43)cc2)C(=O)O)cc1.Cl.Cl. The quantitative estimate of drug-likeness (QED) is 0.231. The van der Waals surface area contributed by atoms with Gasteiger partial charge in [0.1, 0.15) is 23.9 Å². The first kappa shape index (κ1) is 34.3. The van der Waals surface area contributed by atoms with Crippen molar-refractivity contribution in [3.8, 4) is 17.2 Å². The first-order valence-electron chi connectivity index (χ1n) is 13.6. The number of nitrogens with one attached hydrogen (secondary N) is 1. The van der Waals surface area contributed by atoms with E-state index in [9.17, 15) is 23.1 Å². The number of benzene rings is 3. The van der Waals surface area contributed by atoms with E-state index in [1.165, 1.54) is 0 Å². The zero-order valence-electron chi connectivity index (χ0n) is 23.5. The van der Waals surface area contributed by atoms with Gasteiger partial charge in [-0.25, -0.2) is 4.79 Å². The van der Waals surface area contributed by atoms with E-state index in [0.29, 0.717) is 54.8 Å². The molecule has 12 heteroatoms. The number of hydrogen-bond acceptors (Lipinski definition) is 6. The maximum atomic E-state index is 12.8. The molecule has 2 N–H and O–H groups in total. The van der Waals surface area contributed by atoms with Crippen LogP contribution in [-0.4, -0.2) is 61.5 Å². The number of halogens is 5. The Morgan fingerprint density at radius 3 is 2.02 bits per heavy atom. The van der Waals surface area contributed by atoms with Crippen LogP contribution in [0.15, 0.2) is 72.8 Å². The summed E-state index contributed by atoms with van der Waals surface area (Å²) >= 11 is 0. The molecule has 3 aromatic carbocycles. The number of fused-ring (bicyclic) bond motifs is 1. The Hall–Kier alpha value is -3.18. The second kappa shape index (κ2) is 15.0. The van der Waals surface area contributed by atoms with Crippen molar-refractivity contribution in [3.63, 3.8) is 0 Å². The van der Waals surface area contributed by atoms with Gasteiger partial charge in [0.25, 0.3) is 0 Å². The summed E-state index contributed by atoms with van der Waals surface area (Å²) in [4.78, 5) is 14.0. The van der Waals surface area contributed by atoms with Crippen molar-refractivity contribution >= 4 is 30.8 Å². The molecular formula is C31H35Cl2F3N2O5. The van der Waals surface area contributed by atoms with Gasteiger partial charge in [0, 0.05) is 38.6 Å². The van der Waals surface area contributed by atoms with Gasteiger partial charge in [-0.2, -0.15) is 13.2 Å².